The third kappa shape index (κ3) is 3.99. The molecule has 0 amide bonds. The minimum absolute atomic E-state index is 0.0427. The predicted octanol–water partition coefficient (Wildman–Crippen LogP) is 3.43. The fourth-order valence-corrected chi connectivity index (χ4v) is 1.74. The van der Waals surface area contributed by atoms with E-state index in [1.165, 1.54) is 11.8 Å². The molecule has 0 unspecified atom stereocenters. The van der Waals surface area contributed by atoms with Gasteiger partial charge in [-0.25, -0.2) is 0 Å². The van der Waals surface area contributed by atoms with Crippen molar-refractivity contribution in [2.75, 3.05) is 6.26 Å². The Morgan fingerprint density at radius 2 is 1.81 bits per heavy atom. The van der Waals surface area contributed by atoms with E-state index in [9.17, 15) is 4.79 Å². The van der Waals surface area contributed by atoms with Gasteiger partial charge in [0.15, 0.2) is 6.10 Å². The van der Waals surface area contributed by atoms with Gasteiger partial charge in [-0.15, -0.1) is 0 Å². The number of thioether (sulfide) groups is 1. The maximum absolute atomic E-state index is 11.8. The molecule has 0 spiro atoms. The summed E-state index contributed by atoms with van der Waals surface area (Å²) in [5, 5.41) is 0.0427. The second kappa shape index (κ2) is 5.51. The number of rotatable bonds is 3. The Labute approximate surface area is 101 Å². The summed E-state index contributed by atoms with van der Waals surface area (Å²) in [6.45, 7) is 5.86. The molecule has 1 atom stereocenters. The van der Waals surface area contributed by atoms with E-state index in [0.717, 1.165) is 5.56 Å². The highest BCUT2D eigenvalue weighted by molar-refractivity contribution is 8.13. The lowest BCUT2D eigenvalue weighted by atomic mass is 10.1. The van der Waals surface area contributed by atoms with Crippen LogP contribution < -0.4 is 0 Å². The van der Waals surface area contributed by atoms with Gasteiger partial charge in [-0.2, -0.15) is 0 Å². The fourth-order valence-electron chi connectivity index (χ4n) is 1.34. The van der Waals surface area contributed by atoms with E-state index < -0.39 is 6.10 Å². The first kappa shape index (κ1) is 13.3. The van der Waals surface area contributed by atoms with Crippen molar-refractivity contribution in [3.63, 3.8) is 0 Å². The molecular formula is C13H18O2S. The number of carbonyl (C=O) groups excluding carboxylic acids is 1. The van der Waals surface area contributed by atoms with Crippen molar-refractivity contribution in [3.8, 4) is 0 Å². The lowest BCUT2D eigenvalue weighted by Gasteiger charge is -2.26. The Morgan fingerprint density at radius 3 is 2.25 bits per heavy atom. The minimum Gasteiger partial charge on any atom is -0.359 e. The molecule has 1 aromatic carbocycles. The quantitative estimate of drug-likeness (QED) is 0.807. The monoisotopic (exact) mass is 238 g/mol. The predicted molar refractivity (Wildman–Crippen MR) is 68.5 cm³/mol. The molecule has 0 fully saturated rings. The zero-order valence-electron chi connectivity index (χ0n) is 10.2. The highest BCUT2D eigenvalue weighted by atomic mass is 32.2. The van der Waals surface area contributed by atoms with Gasteiger partial charge in [-0.1, -0.05) is 42.1 Å². The number of hydrogen-bond acceptors (Lipinski definition) is 3. The third-order valence-corrected chi connectivity index (χ3v) is 2.61. The van der Waals surface area contributed by atoms with Crippen LogP contribution in [-0.2, 0) is 9.53 Å². The smallest absolute Gasteiger partial charge is 0.222 e. The van der Waals surface area contributed by atoms with E-state index in [2.05, 4.69) is 0 Å². The van der Waals surface area contributed by atoms with E-state index >= 15 is 0 Å². The van der Waals surface area contributed by atoms with Crippen molar-refractivity contribution in [3.05, 3.63) is 35.9 Å². The van der Waals surface area contributed by atoms with Gasteiger partial charge < -0.3 is 4.74 Å². The average molecular weight is 238 g/mol. The van der Waals surface area contributed by atoms with Gasteiger partial charge in [-0.05, 0) is 32.6 Å². The summed E-state index contributed by atoms with van der Waals surface area (Å²) in [6.07, 6.45) is 1.31. The van der Waals surface area contributed by atoms with Crippen LogP contribution in [0.4, 0.5) is 0 Å². The Hall–Kier alpha value is -0.800. The van der Waals surface area contributed by atoms with E-state index in [1.807, 2.05) is 51.1 Å². The molecule has 0 aliphatic rings. The summed E-state index contributed by atoms with van der Waals surface area (Å²) < 4.78 is 5.81. The van der Waals surface area contributed by atoms with Crippen molar-refractivity contribution in [2.24, 2.45) is 0 Å². The van der Waals surface area contributed by atoms with Gasteiger partial charge in [0.1, 0.15) is 0 Å². The van der Waals surface area contributed by atoms with Gasteiger partial charge in [0.25, 0.3) is 0 Å². The van der Waals surface area contributed by atoms with Crippen molar-refractivity contribution in [1.82, 2.24) is 0 Å². The molecule has 0 N–H and O–H groups in total. The van der Waals surface area contributed by atoms with Gasteiger partial charge in [0, 0.05) is 0 Å². The van der Waals surface area contributed by atoms with E-state index in [0.29, 0.717) is 0 Å². The first-order chi connectivity index (χ1) is 7.44. The summed E-state index contributed by atoms with van der Waals surface area (Å²) in [4.78, 5) is 11.8. The molecule has 2 nitrogen and oxygen atoms in total. The van der Waals surface area contributed by atoms with Gasteiger partial charge in [-0.3, -0.25) is 4.79 Å². The van der Waals surface area contributed by atoms with E-state index in [-0.39, 0.29) is 10.7 Å². The SMILES string of the molecule is CSC(=O)[C@H](OC(C)(C)C)c1ccccc1. The highest BCUT2D eigenvalue weighted by Gasteiger charge is 2.25. The Kier molecular flexibility index (Phi) is 4.56. The summed E-state index contributed by atoms with van der Waals surface area (Å²) >= 11 is 1.20. The van der Waals surface area contributed by atoms with Gasteiger partial charge >= 0.3 is 0 Å². The molecule has 0 aliphatic carbocycles. The Morgan fingerprint density at radius 1 is 1.25 bits per heavy atom. The van der Waals surface area contributed by atoms with E-state index in [4.69, 9.17) is 4.74 Å². The zero-order chi connectivity index (χ0) is 12.2. The molecule has 0 bridgehead atoms. The molecule has 88 valence electrons. The largest absolute Gasteiger partial charge is 0.359 e. The molecular weight excluding hydrogens is 220 g/mol. The second-order valence-electron chi connectivity index (χ2n) is 4.54. The molecule has 0 heterocycles. The Bertz CT molecular complexity index is 341. The molecule has 1 aromatic rings. The summed E-state index contributed by atoms with van der Waals surface area (Å²) in [5.41, 5.74) is 0.586. The van der Waals surface area contributed by atoms with Crippen LogP contribution in [0.25, 0.3) is 0 Å². The first-order valence-electron chi connectivity index (χ1n) is 5.24. The van der Waals surface area contributed by atoms with Crippen molar-refractivity contribution >= 4 is 16.9 Å². The molecule has 0 radical (unpaired) electrons. The van der Waals surface area contributed by atoms with Crippen molar-refractivity contribution in [2.45, 2.75) is 32.5 Å². The van der Waals surface area contributed by atoms with Crippen LogP contribution in [0, 0.1) is 0 Å². The van der Waals surface area contributed by atoms with E-state index in [1.54, 1.807) is 6.26 Å². The van der Waals surface area contributed by atoms with Crippen LogP contribution in [0.3, 0.4) is 0 Å². The molecule has 0 saturated heterocycles. The molecule has 1 rings (SSSR count). The van der Waals surface area contributed by atoms with Crippen LogP contribution in [-0.4, -0.2) is 17.0 Å². The number of ether oxygens (including phenoxy) is 1. The van der Waals surface area contributed by atoms with Crippen molar-refractivity contribution in [1.29, 1.82) is 0 Å². The fraction of sp³-hybridized carbons (Fsp3) is 0.462. The topological polar surface area (TPSA) is 26.3 Å². The van der Waals surface area contributed by atoms with Crippen LogP contribution >= 0.6 is 11.8 Å². The second-order valence-corrected chi connectivity index (χ2v) is 5.35. The summed E-state index contributed by atoms with van der Waals surface area (Å²) in [7, 11) is 0. The number of carbonyl (C=O) groups is 1. The van der Waals surface area contributed by atoms with Crippen LogP contribution in [0.2, 0.25) is 0 Å². The molecule has 0 aliphatic heterocycles. The van der Waals surface area contributed by atoms with Crippen molar-refractivity contribution < 1.29 is 9.53 Å². The van der Waals surface area contributed by atoms with Crippen LogP contribution in [0.5, 0.6) is 0 Å². The standard InChI is InChI=1S/C13H18O2S/c1-13(2,3)15-11(12(14)16-4)10-8-6-5-7-9-10/h5-9,11H,1-4H3/t11-/m1/s1. The first-order valence-corrected chi connectivity index (χ1v) is 6.47. The maximum Gasteiger partial charge on any atom is 0.222 e. The average Bonchev–Trinajstić information content (AvgIpc) is 2.25. The number of hydrogen-bond donors (Lipinski definition) is 0. The number of benzene rings is 1. The van der Waals surface area contributed by atoms with Gasteiger partial charge in [0.05, 0.1) is 5.60 Å². The summed E-state index contributed by atoms with van der Waals surface area (Å²) in [6, 6.07) is 9.61. The third-order valence-electron chi connectivity index (χ3n) is 1.99. The molecule has 0 saturated carbocycles. The highest BCUT2D eigenvalue weighted by Crippen LogP contribution is 2.27. The van der Waals surface area contributed by atoms with Crippen LogP contribution in [0.1, 0.15) is 32.4 Å². The Balaban J connectivity index is 2.93. The zero-order valence-corrected chi connectivity index (χ0v) is 11.0. The van der Waals surface area contributed by atoms with Crippen LogP contribution in [0.15, 0.2) is 30.3 Å². The molecule has 16 heavy (non-hydrogen) atoms. The summed E-state index contributed by atoms with van der Waals surface area (Å²) in [5.74, 6) is 0. The maximum atomic E-state index is 11.8. The van der Waals surface area contributed by atoms with Gasteiger partial charge in [0.2, 0.25) is 5.12 Å². The molecule has 0 aromatic heterocycles. The lowest BCUT2D eigenvalue weighted by molar-refractivity contribution is -0.131. The lowest BCUT2D eigenvalue weighted by Crippen LogP contribution is -2.26. The normalized spacial score (nSPS) is 13.5. The minimum atomic E-state index is -0.476. The molecule has 3 heteroatoms.